The average Bonchev–Trinajstić information content (AvgIpc) is 3.42. The lowest BCUT2D eigenvalue weighted by molar-refractivity contribution is -0.284. The highest BCUT2D eigenvalue weighted by atomic mass is 32.2. The Balaban J connectivity index is 1.12. The van der Waals surface area contributed by atoms with Gasteiger partial charge in [-0.25, -0.2) is 9.36 Å². The summed E-state index contributed by atoms with van der Waals surface area (Å²) in [6.45, 7) is 5.60. The third-order valence-electron chi connectivity index (χ3n) is 13.1. The van der Waals surface area contributed by atoms with Crippen molar-refractivity contribution in [1.82, 2.24) is 9.80 Å². The van der Waals surface area contributed by atoms with Crippen molar-refractivity contribution in [1.29, 1.82) is 0 Å². The number of likely N-dealkylation sites (tertiary alicyclic amines) is 2. The molecular formula is C37H54F5N2O7PS. The molecule has 0 radical (unpaired) electrons. The van der Waals surface area contributed by atoms with E-state index in [2.05, 4.69) is 11.8 Å². The number of halogens is 5. The number of alkyl halides is 5. The highest BCUT2D eigenvalue weighted by Gasteiger charge is 2.59. The van der Waals surface area contributed by atoms with Gasteiger partial charge in [-0.2, -0.15) is 22.0 Å². The van der Waals surface area contributed by atoms with Crippen molar-refractivity contribution in [2.24, 2.45) is 23.2 Å². The van der Waals surface area contributed by atoms with Gasteiger partial charge in [-0.3, -0.25) is 8.73 Å². The van der Waals surface area contributed by atoms with Gasteiger partial charge in [-0.05, 0) is 142 Å². The fraction of sp³-hybridized carbons (Fsp3) is 0.811. The number of benzene rings is 1. The van der Waals surface area contributed by atoms with E-state index < -0.39 is 55.1 Å². The zero-order valence-corrected chi connectivity index (χ0v) is 32.1. The number of rotatable bonds is 12. The number of fused-ring (bicyclic) bond motifs is 5. The molecule has 0 spiro atoms. The first-order valence-electron chi connectivity index (χ1n) is 19.3. The standard InChI is InChI=1S/C37H54F5N2O7PS/c1-35-16-12-30-29-9-8-28(50-34(45)44-19-13-27(14-20-44)43-17-3-2-4-18-43)24-26(29)23-25(33(30)31(35)10-11-32(35)51-52(46,47)48)7-5-21-53(49)22-6-15-36(38,39)37(40,41)42/h8-9,24-25,27,30-33H,2-7,10-23H2,1H3,(H2,46,47,48)/t25-,30-,31+,32+,33-,35+,53?/m1/s1. The van der Waals surface area contributed by atoms with Crippen molar-refractivity contribution in [3.8, 4) is 5.75 Å². The maximum Gasteiger partial charge on any atom is 0.469 e. The molecule has 5 aliphatic rings. The molecule has 0 aromatic heterocycles. The Bertz CT molecular complexity index is 1520. The summed E-state index contributed by atoms with van der Waals surface area (Å²) in [6, 6.07) is 6.34. The topological polar surface area (TPSA) is 117 Å². The number of phosphoric acid groups is 1. The van der Waals surface area contributed by atoms with Crippen molar-refractivity contribution >= 4 is 24.7 Å². The quantitative estimate of drug-likeness (QED) is 0.161. The number of hydrogen-bond donors (Lipinski definition) is 2. The van der Waals surface area contributed by atoms with Crippen LogP contribution in [0.2, 0.25) is 0 Å². The lowest BCUT2D eigenvalue weighted by atomic mass is 9.52. The highest BCUT2D eigenvalue weighted by molar-refractivity contribution is 7.84. The number of amides is 1. The second-order valence-corrected chi connectivity index (χ2v) is 19.2. The molecule has 2 heterocycles. The fourth-order valence-corrected chi connectivity index (χ4v) is 12.3. The predicted octanol–water partition coefficient (Wildman–Crippen LogP) is 8.20. The molecule has 1 amide bonds. The van der Waals surface area contributed by atoms with Crippen LogP contribution in [0.3, 0.4) is 0 Å². The van der Waals surface area contributed by atoms with Crippen LogP contribution in [0.5, 0.6) is 5.75 Å². The molecule has 3 aliphatic carbocycles. The van der Waals surface area contributed by atoms with Crippen LogP contribution in [-0.2, 0) is 26.3 Å². The Morgan fingerprint density at radius 1 is 0.981 bits per heavy atom. The number of hydrogen-bond acceptors (Lipinski definition) is 6. The van der Waals surface area contributed by atoms with E-state index in [-0.39, 0.29) is 41.3 Å². The van der Waals surface area contributed by atoms with Crippen LogP contribution in [0, 0.1) is 23.2 Å². The van der Waals surface area contributed by atoms with E-state index in [0.717, 1.165) is 44.3 Å². The average molecular weight is 797 g/mol. The van der Waals surface area contributed by atoms with Crippen molar-refractivity contribution in [2.75, 3.05) is 37.7 Å². The zero-order chi connectivity index (χ0) is 38.2. The first-order valence-corrected chi connectivity index (χ1v) is 22.3. The fourth-order valence-electron chi connectivity index (χ4n) is 10.5. The molecule has 1 aromatic rings. The second-order valence-electron chi connectivity index (χ2n) is 16.3. The maximum absolute atomic E-state index is 13.4. The van der Waals surface area contributed by atoms with Crippen molar-refractivity contribution in [2.45, 2.75) is 127 Å². The van der Waals surface area contributed by atoms with Gasteiger partial charge >= 0.3 is 26.0 Å². The van der Waals surface area contributed by atoms with Gasteiger partial charge < -0.3 is 24.3 Å². The van der Waals surface area contributed by atoms with Gasteiger partial charge in [-0.1, -0.05) is 19.4 Å². The molecule has 0 bridgehead atoms. The molecule has 9 nitrogen and oxygen atoms in total. The second kappa shape index (κ2) is 16.5. The molecule has 2 saturated heterocycles. The number of carbonyl (C=O) groups is 1. The Morgan fingerprint density at radius 2 is 1.68 bits per heavy atom. The van der Waals surface area contributed by atoms with Gasteiger partial charge in [0.05, 0.1) is 6.10 Å². The predicted molar refractivity (Wildman–Crippen MR) is 190 cm³/mol. The number of piperidine rings is 2. The lowest BCUT2D eigenvalue weighted by Gasteiger charge is -2.53. The smallest absolute Gasteiger partial charge is 0.410 e. The summed E-state index contributed by atoms with van der Waals surface area (Å²) in [5.41, 5.74) is 1.77. The Kier molecular flexibility index (Phi) is 12.7. The molecule has 53 heavy (non-hydrogen) atoms. The van der Waals surface area contributed by atoms with Crippen molar-refractivity contribution in [3.63, 3.8) is 0 Å². The number of phosphoric ester groups is 1. The van der Waals surface area contributed by atoms with Gasteiger partial charge in [0.15, 0.2) is 0 Å². The van der Waals surface area contributed by atoms with Crippen LogP contribution >= 0.6 is 7.82 Å². The molecule has 7 atom stereocenters. The summed E-state index contributed by atoms with van der Waals surface area (Å²) in [5.74, 6) is -3.93. The van der Waals surface area contributed by atoms with E-state index in [1.807, 2.05) is 18.2 Å². The number of carbonyl (C=O) groups excluding carboxylic acids is 1. The van der Waals surface area contributed by atoms with Crippen LogP contribution in [0.25, 0.3) is 0 Å². The van der Waals surface area contributed by atoms with Crippen molar-refractivity contribution < 1.29 is 54.6 Å². The molecule has 16 heteroatoms. The summed E-state index contributed by atoms with van der Waals surface area (Å²) in [5, 5.41) is 0. The van der Waals surface area contributed by atoms with Gasteiger partial charge in [0, 0.05) is 47.9 Å². The van der Waals surface area contributed by atoms with Gasteiger partial charge in [-0.15, -0.1) is 0 Å². The van der Waals surface area contributed by atoms with Crippen LogP contribution < -0.4 is 4.74 Å². The minimum absolute atomic E-state index is 0.0808. The molecule has 2 saturated carbocycles. The maximum atomic E-state index is 13.4. The van der Waals surface area contributed by atoms with Crippen LogP contribution in [-0.4, -0.2) is 91.8 Å². The molecule has 4 fully saturated rings. The Labute approximate surface area is 311 Å². The summed E-state index contributed by atoms with van der Waals surface area (Å²) in [6.07, 6.45) is 1.61. The molecule has 1 aromatic carbocycles. The summed E-state index contributed by atoms with van der Waals surface area (Å²) in [7, 11) is -6.27. The third kappa shape index (κ3) is 9.50. The minimum atomic E-state index is -5.63. The van der Waals surface area contributed by atoms with Gasteiger partial charge in [0.2, 0.25) is 0 Å². The van der Waals surface area contributed by atoms with E-state index in [1.54, 1.807) is 4.90 Å². The molecular weight excluding hydrogens is 742 g/mol. The number of nitrogens with zero attached hydrogens (tertiary/aromatic N) is 2. The van der Waals surface area contributed by atoms with E-state index in [1.165, 1.54) is 24.8 Å². The Hall–Kier alpha value is -1.64. The van der Waals surface area contributed by atoms with Crippen LogP contribution in [0.15, 0.2) is 18.2 Å². The highest BCUT2D eigenvalue weighted by Crippen LogP contribution is 2.65. The van der Waals surface area contributed by atoms with E-state index in [0.29, 0.717) is 57.0 Å². The molecule has 1 unspecified atom stereocenters. The summed E-state index contributed by atoms with van der Waals surface area (Å²) in [4.78, 5) is 37.0. The van der Waals surface area contributed by atoms with Crippen molar-refractivity contribution in [3.05, 3.63) is 29.3 Å². The first kappa shape index (κ1) is 41.0. The lowest BCUT2D eigenvalue weighted by Crippen LogP contribution is -2.48. The third-order valence-corrected chi connectivity index (χ3v) is 15.1. The summed E-state index contributed by atoms with van der Waals surface area (Å²) < 4.78 is 100. The summed E-state index contributed by atoms with van der Waals surface area (Å²) >= 11 is 0. The van der Waals surface area contributed by atoms with Gasteiger partial charge in [0.1, 0.15) is 5.75 Å². The largest absolute Gasteiger partial charge is 0.469 e. The van der Waals surface area contributed by atoms with Crippen LogP contribution in [0.4, 0.5) is 26.7 Å². The Morgan fingerprint density at radius 3 is 2.36 bits per heavy atom. The van der Waals surface area contributed by atoms with Crippen LogP contribution in [0.1, 0.15) is 107 Å². The zero-order valence-electron chi connectivity index (χ0n) is 30.4. The normalized spacial score (nSPS) is 30.7. The minimum Gasteiger partial charge on any atom is -0.410 e. The molecule has 2 aliphatic heterocycles. The molecule has 300 valence electrons. The number of ether oxygens (including phenoxy) is 1. The first-order chi connectivity index (χ1) is 24.9. The van der Waals surface area contributed by atoms with E-state index in [9.17, 15) is 45.3 Å². The molecule has 2 N–H and O–H groups in total. The van der Waals surface area contributed by atoms with E-state index in [4.69, 9.17) is 9.26 Å². The van der Waals surface area contributed by atoms with E-state index >= 15 is 0 Å². The monoisotopic (exact) mass is 796 g/mol. The SMILES string of the molecule is C[C@]12CC[C@@H]3c4ccc(OC(=O)N5CCC(N6CCCCC6)CC5)cc4C[C@@H](CCCS(=O)CCCC(F)(F)C(F)(F)F)[C@H]3[C@@H]1CC[C@@H]2OP(=O)(O)O. The molecule has 6 rings (SSSR count). The van der Waals surface area contributed by atoms with Gasteiger partial charge in [0.25, 0.3) is 0 Å².